The summed E-state index contributed by atoms with van der Waals surface area (Å²) in [7, 11) is 3.20. The average Bonchev–Trinajstić information content (AvgIpc) is 3.00. The highest BCUT2D eigenvalue weighted by Gasteiger charge is 2.26. The highest BCUT2D eigenvalue weighted by Crippen LogP contribution is 2.35. The third kappa shape index (κ3) is 7.34. The van der Waals surface area contributed by atoms with Gasteiger partial charge in [-0.1, -0.05) is 59.7 Å². The Labute approximate surface area is 255 Å². The molecule has 0 spiro atoms. The fourth-order valence-electron chi connectivity index (χ4n) is 5.25. The number of methoxy groups -OCH3 is 2. The van der Waals surface area contributed by atoms with E-state index in [9.17, 15) is 9.59 Å². The molecule has 0 fully saturated rings. The summed E-state index contributed by atoms with van der Waals surface area (Å²) >= 11 is 0. The van der Waals surface area contributed by atoms with E-state index >= 15 is 0 Å². The molecule has 0 bridgehead atoms. The average molecular weight is 579 g/mol. The lowest BCUT2D eigenvalue weighted by atomic mass is 9.76. The van der Waals surface area contributed by atoms with Crippen molar-refractivity contribution in [3.63, 3.8) is 0 Å². The molecule has 5 heteroatoms. The van der Waals surface area contributed by atoms with Crippen molar-refractivity contribution in [3.8, 4) is 17.2 Å². The van der Waals surface area contributed by atoms with Crippen molar-refractivity contribution in [3.05, 3.63) is 124 Å². The van der Waals surface area contributed by atoms with Crippen molar-refractivity contribution < 1.29 is 23.8 Å². The molecule has 5 nitrogen and oxygen atoms in total. The lowest BCUT2D eigenvalue weighted by molar-refractivity contribution is 0.0734. The van der Waals surface area contributed by atoms with E-state index in [1.165, 1.54) is 5.56 Å². The van der Waals surface area contributed by atoms with Crippen molar-refractivity contribution in [1.29, 1.82) is 0 Å². The van der Waals surface area contributed by atoms with Crippen LogP contribution in [0.5, 0.6) is 17.2 Å². The molecule has 224 valence electrons. The van der Waals surface area contributed by atoms with E-state index in [0.29, 0.717) is 40.4 Å². The third-order valence-corrected chi connectivity index (χ3v) is 8.13. The maximum absolute atomic E-state index is 13.5. The number of carbonyl (C=O) groups is 2. The van der Waals surface area contributed by atoms with Gasteiger partial charge in [0.2, 0.25) is 0 Å². The first-order valence-electron chi connectivity index (χ1n) is 14.7. The molecule has 0 N–H and O–H groups in total. The topological polar surface area (TPSA) is 61.8 Å². The minimum absolute atomic E-state index is 0.0460. The van der Waals surface area contributed by atoms with Crippen LogP contribution in [-0.2, 0) is 17.3 Å². The molecule has 4 rings (SSSR count). The summed E-state index contributed by atoms with van der Waals surface area (Å²) in [6, 6.07) is 26.0. The summed E-state index contributed by atoms with van der Waals surface area (Å²) in [6.07, 6.45) is 1.50. The normalized spacial score (nSPS) is 11.6. The predicted molar refractivity (Wildman–Crippen MR) is 172 cm³/mol. The van der Waals surface area contributed by atoms with Gasteiger partial charge in [-0.15, -0.1) is 0 Å². The van der Waals surface area contributed by atoms with Crippen LogP contribution in [0.1, 0.15) is 96.5 Å². The molecule has 0 aliphatic heterocycles. The largest absolute Gasteiger partial charge is 0.497 e. The van der Waals surface area contributed by atoms with Gasteiger partial charge in [-0.05, 0) is 113 Å². The summed E-state index contributed by atoms with van der Waals surface area (Å²) in [4.78, 5) is 26.8. The van der Waals surface area contributed by atoms with Gasteiger partial charge in [0.25, 0.3) is 0 Å². The van der Waals surface area contributed by atoms with Gasteiger partial charge in [-0.2, -0.15) is 0 Å². The summed E-state index contributed by atoms with van der Waals surface area (Å²) in [5, 5.41) is 0. The van der Waals surface area contributed by atoms with E-state index < -0.39 is 5.97 Å². The van der Waals surface area contributed by atoms with E-state index in [0.717, 1.165) is 23.1 Å². The molecule has 43 heavy (non-hydrogen) atoms. The molecule has 0 unspecified atom stereocenters. The zero-order valence-corrected chi connectivity index (χ0v) is 26.5. The number of benzene rings is 4. The molecule has 0 saturated carbocycles. The Morgan fingerprint density at radius 1 is 0.605 bits per heavy atom. The molecule has 4 aromatic carbocycles. The smallest absolute Gasteiger partial charge is 0.343 e. The standard InChI is InChI=1S/C38H42O5/c1-9-38(5,6)34-21-13-27(36(40)43-32-18-16-31(42-8)17-19-32)23-29(34)24-28-22-26(12-20-33(28)37(2,3)4)35(39)25-10-14-30(41-7)15-11-25/h10-23H,9,24H2,1-8H3. The summed E-state index contributed by atoms with van der Waals surface area (Å²) in [5.74, 6) is 1.37. The predicted octanol–water partition coefficient (Wildman–Crippen LogP) is 8.73. The van der Waals surface area contributed by atoms with Crippen LogP contribution in [0.4, 0.5) is 0 Å². The van der Waals surface area contributed by atoms with E-state index in [2.05, 4.69) is 47.6 Å². The van der Waals surface area contributed by atoms with Gasteiger partial charge in [-0.25, -0.2) is 4.79 Å². The van der Waals surface area contributed by atoms with E-state index in [1.807, 2.05) is 30.3 Å². The third-order valence-electron chi connectivity index (χ3n) is 8.13. The van der Waals surface area contributed by atoms with Gasteiger partial charge in [0.05, 0.1) is 19.8 Å². The molecular weight excluding hydrogens is 536 g/mol. The fraction of sp³-hybridized carbons (Fsp3) is 0.316. The number of hydrogen-bond acceptors (Lipinski definition) is 5. The second kappa shape index (κ2) is 12.9. The molecule has 0 radical (unpaired) electrons. The van der Waals surface area contributed by atoms with Crippen LogP contribution in [0.3, 0.4) is 0 Å². The van der Waals surface area contributed by atoms with Crippen LogP contribution in [-0.4, -0.2) is 26.0 Å². The number of esters is 1. The van der Waals surface area contributed by atoms with Crippen LogP contribution in [0.25, 0.3) is 0 Å². The summed E-state index contributed by atoms with van der Waals surface area (Å²) < 4.78 is 16.2. The Kier molecular flexibility index (Phi) is 9.44. The number of ether oxygens (including phenoxy) is 3. The Balaban J connectivity index is 1.76. The van der Waals surface area contributed by atoms with Gasteiger partial charge in [-0.3, -0.25) is 4.79 Å². The summed E-state index contributed by atoms with van der Waals surface area (Å²) in [6.45, 7) is 13.1. The SMILES string of the molecule is CCC(C)(C)c1ccc(C(=O)Oc2ccc(OC)cc2)cc1Cc1cc(C(=O)c2ccc(OC)cc2)ccc1C(C)(C)C. The van der Waals surface area contributed by atoms with Crippen LogP contribution >= 0.6 is 0 Å². The molecule has 0 heterocycles. The highest BCUT2D eigenvalue weighted by molar-refractivity contribution is 6.09. The van der Waals surface area contributed by atoms with Gasteiger partial charge in [0, 0.05) is 11.1 Å². The molecule has 0 aliphatic rings. The van der Waals surface area contributed by atoms with Gasteiger partial charge < -0.3 is 14.2 Å². The first kappa shape index (κ1) is 31.6. The van der Waals surface area contributed by atoms with Crippen molar-refractivity contribution in [2.24, 2.45) is 0 Å². The Morgan fingerprint density at radius 3 is 1.63 bits per heavy atom. The first-order valence-corrected chi connectivity index (χ1v) is 14.7. The quantitative estimate of drug-likeness (QED) is 0.107. The van der Waals surface area contributed by atoms with Crippen LogP contribution < -0.4 is 14.2 Å². The van der Waals surface area contributed by atoms with Crippen LogP contribution in [0, 0.1) is 0 Å². The van der Waals surface area contributed by atoms with E-state index in [1.54, 1.807) is 62.8 Å². The van der Waals surface area contributed by atoms with Crippen molar-refractivity contribution in [2.45, 2.75) is 65.2 Å². The number of rotatable bonds is 10. The number of ketones is 1. The zero-order chi connectivity index (χ0) is 31.4. The van der Waals surface area contributed by atoms with Gasteiger partial charge in [0.1, 0.15) is 17.2 Å². The first-order chi connectivity index (χ1) is 20.4. The van der Waals surface area contributed by atoms with Crippen molar-refractivity contribution in [2.75, 3.05) is 14.2 Å². The Morgan fingerprint density at radius 2 is 1.07 bits per heavy atom. The zero-order valence-electron chi connectivity index (χ0n) is 26.5. The van der Waals surface area contributed by atoms with Gasteiger partial charge in [0.15, 0.2) is 5.78 Å². The molecule has 0 aliphatic carbocycles. The number of hydrogen-bond donors (Lipinski definition) is 0. The molecular formula is C38H42O5. The van der Waals surface area contributed by atoms with E-state index in [-0.39, 0.29) is 16.6 Å². The molecule has 0 saturated heterocycles. The molecule has 4 aromatic rings. The molecule has 0 atom stereocenters. The maximum Gasteiger partial charge on any atom is 0.343 e. The minimum Gasteiger partial charge on any atom is -0.497 e. The van der Waals surface area contributed by atoms with Gasteiger partial charge >= 0.3 is 5.97 Å². The second-order valence-electron chi connectivity index (χ2n) is 12.5. The maximum atomic E-state index is 13.5. The van der Waals surface area contributed by atoms with Crippen molar-refractivity contribution in [1.82, 2.24) is 0 Å². The Bertz CT molecular complexity index is 1590. The van der Waals surface area contributed by atoms with E-state index in [4.69, 9.17) is 14.2 Å². The molecule has 0 amide bonds. The fourth-order valence-corrected chi connectivity index (χ4v) is 5.25. The minimum atomic E-state index is -0.424. The van der Waals surface area contributed by atoms with Crippen LogP contribution in [0.2, 0.25) is 0 Å². The highest BCUT2D eigenvalue weighted by atomic mass is 16.5. The monoisotopic (exact) mass is 578 g/mol. The number of carbonyl (C=O) groups excluding carboxylic acids is 2. The summed E-state index contributed by atoms with van der Waals surface area (Å²) in [5.41, 5.74) is 5.86. The van der Waals surface area contributed by atoms with Crippen LogP contribution in [0.15, 0.2) is 84.9 Å². The van der Waals surface area contributed by atoms with Crippen molar-refractivity contribution >= 4 is 11.8 Å². The lowest BCUT2D eigenvalue weighted by Gasteiger charge is -2.29. The molecule has 0 aromatic heterocycles. The Hall–Kier alpha value is -4.38. The lowest BCUT2D eigenvalue weighted by Crippen LogP contribution is -2.21. The second-order valence-corrected chi connectivity index (χ2v) is 12.5.